The molecule has 2 aliphatic rings. The van der Waals surface area contributed by atoms with E-state index in [0.717, 1.165) is 36.0 Å². The van der Waals surface area contributed by atoms with E-state index in [9.17, 15) is 9.59 Å². The molecule has 1 N–H and O–H groups in total. The molecule has 0 bridgehead atoms. The van der Waals surface area contributed by atoms with Crippen molar-refractivity contribution in [3.05, 3.63) is 76.1 Å². The Balaban J connectivity index is 1.69. The Morgan fingerprint density at radius 1 is 1.22 bits per heavy atom. The first-order chi connectivity index (χ1) is 17.0. The number of benzene rings is 1. The highest BCUT2D eigenvalue weighted by atomic mass is 35.5. The second-order valence-corrected chi connectivity index (χ2v) is 11.1. The highest BCUT2D eigenvalue weighted by Gasteiger charge is 2.40. The van der Waals surface area contributed by atoms with Gasteiger partial charge in [0.1, 0.15) is 5.82 Å². The fourth-order valence-electron chi connectivity index (χ4n) is 5.00. The Morgan fingerprint density at radius 3 is 2.58 bits per heavy atom. The van der Waals surface area contributed by atoms with Gasteiger partial charge in [-0.3, -0.25) is 9.69 Å². The number of rotatable bonds is 7. The first-order valence-electron chi connectivity index (χ1n) is 12.2. The van der Waals surface area contributed by atoms with Crippen LogP contribution in [0.2, 0.25) is 5.02 Å². The summed E-state index contributed by atoms with van der Waals surface area (Å²) in [5.41, 5.74) is 4.19. The third-order valence-corrected chi connectivity index (χ3v) is 7.82. The lowest BCUT2D eigenvalue weighted by Crippen LogP contribution is -2.41. The maximum atomic E-state index is 13.3. The summed E-state index contributed by atoms with van der Waals surface area (Å²) in [6, 6.07) is 9.18. The van der Waals surface area contributed by atoms with Crippen LogP contribution in [0.15, 0.2) is 54.4 Å². The minimum atomic E-state index is -1.06. The third-order valence-electron chi connectivity index (χ3n) is 7.51. The number of ether oxygens (including phenoxy) is 1. The van der Waals surface area contributed by atoms with E-state index in [4.69, 9.17) is 21.4 Å². The van der Waals surface area contributed by atoms with E-state index < -0.39 is 11.4 Å². The average molecular weight is 509 g/mol. The highest BCUT2D eigenvalue weighted by Crippen LogP contribution is 2.45. The number of carboxylic acids is 1. The summed E-state index contributed by atoms with van der Waals surface area (Å²) in [6.45, 7) is 7.15. The number of hydrogen-bond donors (Lipinski definition) is 1. The number of halogens is 1. The number of methoxy groups -OCH3 is 1. The van der Waals surface area contributed by atoms with E-state index in [-0.39, 0.29) is 17.9 Å². The Kier molecular flexibility index (Phi) is 7.39. The molecule has 1 aromatic carbocycles. The summed E-state index contributed by atoms with van der Waals surface area (Å²) in [5, 5.41) is 9.86. The summed E-state index contributed by atoms with van der Waals surface area (Å²) in [7, 11) is 1.65. The molecular weight excluding hydrogens is 476 g/mol. The van der Waals surface area contributed by atoms with E-state index in [0.29, 0.717) is 29.3 Å². The summed E-state index contributed by atoms with van der Waals surface area (Å²) in [6.07, 6.45) is 9.42. The number of carbonyl (C=O) groups is 2. The van der Waals surface area contributed by atoms with E-state index in [2.05, 4.69) is 44.0 Å². The second kappa shape index (κ2) is 10.2. The van der Waals surface area contributed by atoms with Gasteiger partial charge in [0, 0.05) is 43.0 Å². The van der Waals surface area contributed by atoms with Gasteiger partial charge in [0.05, 0.1) is 5.56 Å². The smallest absolute Gasteiger partial charge is 0.337 e. The maximum absolute atomic E-state index is 13.3. The average Bonchev–Trinajstić information content (AvgIpc) is 2.84. The zero-order valence-electron chi connectivity index (χ0n) is 21.3. The fourth-order valence-corrected chi connectivity index (χ4v) is 5.30. The summed E-state index contributed by atoms with van der Waals surface area (Å²) < 4.78 is 5.36. The number of allylic oxidation sites excluding steroid dienone is 2. The highest BCUT2D eigenvalue weighted by molar-refractivity contribution is 6.32. The first-order valence-corrected chi connectivity index (χ1v) is 12.6. The van der Waals surface area contributed by atoms with Gasteiger partial charge in [-0.15, -0.1) is 0 Å². The molecule has 1 atom stereocenters. The molecule has 0 unspecified atom stereocenters. The zero-order chi connectivity index (χ0) is 26.1. The van der Waals surface area contributed by atoms with Crippen LogP contribution in [-0.4, -0.2) is 35.7 Å². The second-order valence-electron chi connectivity index (χ2n) is 10.7. The van der Waals surface area contributed by atoms with Crippen LogP contribution in [0.4, 0.5) is 5.82 Å². The Hall–Kier alpha value is -2.96. The van der Waals surface area contributed by atoms with E-state index in [1.165, 1.54) is 22.7 Å². The van der Waals surface area contributed by atoms with Crippen molar-refractivity contribution in [3.8, 4) is 0 Å². The lowest BCUT2D eigenvalue weighted by atomic mass is 9.70. The number of pyridine rings is 1. The normalized spacial score (nSPS) is 21.7. The van der Waals surface area contributed by atoms with Crippen molar-refractivity contribution in [2.75, 3.05) is 18.6 Å². The van der Waals surface area contributed by atoms with Crippen molar-refractivity contribution in [2.45, 2.75) is 58.3 Å². The van der Waals surface area contributed by atoms with Crippen LogP contribution < -0.4 is 4.90 Å². The number of amides is 1. The molecule has 0 radical (unpaired) electrons. The number of hydrogen-bond acceptors (Lipinski definition) is 4. The molecule has 7 heteroatoms. The number of carboxylic acid groups (broad SMARTS) is 1. The zero-order valence-corrected chi connectivity index (χ0v) is 22.1. The van der Waals surface area contributed by atoms with Gasteiger partial charge in [0.2, 0.25) is 5.91 Å². The minimum Gasteiger partial charge on any atom is -0.478 e. The van der Waals surface area contributed by atoms with E-state index >= 15 is 0 Å². The van der Waals surface area contributed by atoms with E-state index in [1.807, 2.05) is 12.3 Å². The van der Waals surface area contributed by atoms with Crippen LogP contribution in [-0.2, 0) is 14.9 Å². The fraction of sp³-hybridized carbons (Fsp3) is 0.414. The number of aromatic carboxylic acids is 1. The molecular formula is C29H33ClN2O4. The van der Waals surface area contributed by atoms with Crippen LogP contribution >= 0.6 is 11.6 Å². The molecule has 1 amide bonds. The van der Waals surface area contributed by atoms with Gasteiger partial charge >= 0.3 is 5.97 Å². The molecule has 0 spiro atoms. The van der Waals surface area contributed by atoms with Gasteiger partial charge in [-0.25, -0.2) is 9.78 Å². The largest absolute Gasteiger partial charge is 0.478 e. The predicted molar refractivity (Wildman–Crippen MR) is 142 cm³/mol. The monoisotopic (exact) mass is 508 g/mol. The van der Waals surface area contributed by atoms with Gasteiger partial charge in [0.15, 0.2) is 0 Å². The van der Waals surface area contributed by atoms with Crippen molar-refractivity contribution in [3.63, 3.8) is 0 Å². The molecule has 0 saturated heterocycles. The third kappa shape index (κ3) is 5.25. The molecule has 1 aliphatic carbocycles. The van der Waals surface area contributed by atoms with Crippen molar-refractivity contribution in [1.29, 1.82) is 0 Å². The lowest BCUT2D eigenvalue weighted by molar-refractivity contribution is -0.119. The van der Waals surface area contributed by atoms with Crippen molar-refractivity contribution < 1.29 is 19.4 Å². The van der Waals surface area contributed by atoms with Crippen LogP contribution in [0.1, 0.15) is 74.4 Å². The van der Waals surface area contributed by atoms with Crippen LogP contribution in [0.5, 0.6) is 0 Å². The van der Waals surface area contributed by atoms with Gasteiger partial charge in [0.25, 0.3) is 0 Å². The van der Waals surface area contributed by atoms with Crippen LogP contribution in [0.25, 0.3) is 5.57 Å². The summed E-state index contributed by atoms with van der Waals surface area (Å²) >= 11 is 6.83. The molecule has 190 valence electrons. The Labute approximate surface area is 217 Å². The number of anilines is 1. The topological polar surface area (TPSA) is 79.7 Å². The molecule has 0 saturated carbocycles. The number of aromatic nitrogens is 1. The summed E-state index contributed by atoms with van der Waals surface area (Å²) in [5.74, 6) is -0.787. The van der Waals surface area contributed by atoms with Crippen molar-refractivity contribution >= 4 is 34.9 Å². The predicted octanol–water partition coefficient (Wildman–Crippen LogP) is 6.64. The van der Waals surface area contributed by atoms with Crippen LogP contribution in [0, 0.1) is 5.41 Å². The molecule has 2 aromatic rings. The SMILES string of the molecule is COCCC1=CN(c2ccc(C(=O)O)cn2)C(=O)C[C@@]1(C)c1ccc(C2=CCC(C)(C)CC2)c(Cl)c1. The lowest BCUT2D eigenvalue weighted by Gasteiger charge is -2.39. The Morgan fingerprint density at radius 2 is 2.00 bits per heavy atom. The minimum absolute atomic E-state index is 0.0722. The van der Waals surface area contributed by atoms with E-state index in [1.54, 1.807) is 13.2 Å². The molecule has 1 aromatic heterocycles. The van der Waals surface area contributed by atoms with Gasteiger partial charge in [-0.05, 0) is 71.6 Å². The summed E-state index contributed by atoms with van der Waals surface area (Å²) in [4.78, 5) is 30.2. The molecule has 36 heavy (non-hydrogen) atoms. The molecule has 0 fully saturated rings. The number of nitrogens with zero attached hydrogens (tertiary/aromatic N) is 2. The van der Waals surface area contributed by atoms with Gasteiger partial charge in [-0.2, -0.15) is 0 Å². The van der Waals surface area contributed by atoms with Crippen molar-refractivity contribution in [2.24, 2.45) is 5.41 Å². The molecule has 1 aliphatic heterocycles. The van der Waals surface area contributed by atoms with Gasteiger partial charge < -0.3 is 9.84 Å². The Bertz CT molecular complexity index is 1230. The quantitative estimate of drug-likeness (QED) is 0.453. The molecule has 4 rings (SSSR count). The van der Waals surface area contributed by atoms with Gasteiger partial charge in [-0.1, -0.05) is 50.6 Å². The first kappa shape index (κ1) is 26.1. The maximum Gasteiger partial charge on any atom is 0.337 e. The molecule has 6 nitrogen and oxygen atoms in total. The molecule has 2 heterocycles. The number of carbonyl (C=O) groups excluding carboxylic acids is 1. The standard InChI is InChI=1S/C29H33ClN2O4/c1-28(2)12-9-19(10-13-28)23-7-6-21(15-24(23)30)29(3)16-26(33)32(18-22(29)11-14-36-4)25-8-5-20(17-31-25)27(34)35/h5-9,15,17-18H,10-14,16H2,1-4H3,(H,34,35)/t29-/m0/s1. The van der Waals surface area contributed by atoms with Crippen molar-refractivity contribution in [1.82, 2.24) is 4.98 Å². The van der Waals surface area contributed by atoms with Crippen LogP contribution in [0.3, 0.4) is 0 Å².